The van der Waals surface area contributed by atoms with Gasteiger partial charge in [0.05, 0.1) is 30.3 Å². The van der Waals surface area contributed by atoms with Gasteiger partial charge in [-0.25, -0.2) is 19.3 Å². The number of imidazole rings is 1. The first-order valence-corrected chi connectivity index (χ1v) is 9.90. The maximum atomic E-state index is 13.5. The molecule has 5 rings (SSSR count). The van der Waals surface area contributed by atoms with Crippen molar-refractivity contribution in [1.29, 1.82) is 0 Å². The Labute approximate surface area is 173 Å². The lowest BCUT2D eigenvalue weighted by Gasteiger charge is -2.22. The van der Waals surface area contributed by atoms with Gasteiger partial charge < -0.3 is 19.4 Å². The fourth-order valence-electron chi connectivity index (χ4n) is 3.42. The fraction of sp³-hybridized carbons (Fsp3) is 0.318. The Morgan fingerprint density at radius 2 is 1.83 bits per heavy atom. The number of halogens is 1. The molecule has 0 amide bonds. The maximum Gasteiger partial charge on any atom is 0.225 e. The summed E-state index contributed by atoms with van der Waals surface area (Å²) in [6.45, 7) is 4.70. The minimum atomic E-state index is -0.626. The quantitative estimate of drug-likeness (QED) is 0.647. The Bertz CT molecular complexity index is 1070. The highest BCUT2D eigenvalue weighted by atomic mass is 19.1. The molecule has 1 aromatic carbocycles. The van der Waals surface area contributed by atoms with Crippen LogP contribution in [-0.4, -0.2) is 46.2 Å². The van der Waals surface area contributed by atoms with Crippen LogP contribution in [-0.2, 0) is 9.47 Å². The van der Waals surface area contributed by atoms with E-state index in [0.29, 0.717) is 48.1 Å². The van der Waals surface area contributed by atoms with Gasteiger partial charge in [-0.05, 0) is 48.7 Å². The number of aromatic amines is 1. The molecular weight excluding hydrogens is 385 g/mol. The molecule has 2 aliphatic rings. The number of hydrogen-bond donors (Lipinski definition) is 1. The third kappa shape index (κ3) is 3.71. The van der Waals surface area contributed by atoms with Crippen molar-refractivity contribution in [3.63, 3.8) is 0 Å². The summed E-state index contributed by atoms with van der Waals surface area (Å²) >= 11 is 0. The van der Waals surface area contributed by atoms with E-state index in [1.807, 2.05) is 13.1 Å². The number of H-pyrrole nitrogens is 1. The molecule has 1 saturated heterocycles. The smallest absolute Gasteiger partial charge is 0.225 e. The van der Waals surface area contributed by atoms with Crippen molar-refractivity contribution in [3.8, 4) is 22.6 Å². The molecule has 3 aromatic rings. The van der Waals surface area contributed by atoms with Gasteiger partial charge in [-0.2, -0.15) is 0 Å². The van der Waals surface area contributed by atoms with E-state index in [1.165, 1.54) is 12.1 Å². The van der Waals surface area contributed by atoms with Crippen LogP contribution in [0.15, 0.2) is 48.7 Å². The van der Waals surface area contributed by atoms with Crippen LogP contribution in [0.5, 0.6) is 0 Å². The van der Waals surface area contributed by atoms with Crippen LogP contribution < -0.4 is 4.90 Å². The summed E-state index contributed by atoms with van der Waals surface area (Å²) in [6.07, 6.45) is 3.42. The van der Waals surface area contributed by atoms with E-state index in [2.05, 4.69) is 21.4 Å². The molecule has 2 aromatic heterocycles. The van der Waals surface area contributed by atoms with Gasteiger partial charge in [-0.15, -0.1) is 0 Å². The normalized spacial score (nSPS) is 17.3. The lowest BCUT2D eigenvalue weighted by molar-refractivity contribution is -0.165. The second-order valence-electron chi connectivity index (χ2n) is 7.64. The van der Waals surface area contributed by atoms with Gasteiger partial charge in [0.2, 0.25) is 12.2 Å². The van der Waals surface area contributed by atoms with Crippen molar-refractivity contribution in [3.05, 3.63) is 60.3 Å². The minimum absolute atomic E-state index is 0.302. The molecule has 8 heteroatoms. The first kappa shape index (κ1) is 18.9. The first-order valence-electron chi connectivity index (χ1n) is 9.90. The monoisotopic (exact) mass is 407 g/mol. The molecule has 0 atom stereocenters. The molecule has 1 saturated carbocycles. The molecule has 0 spiro atoms. The summed E-state index contributed by atoms with van der Waals surface area (Å²) in [5.41, 5.74) is 3.71. The highest BCUT2D eigenvalue weighted by Gasteiger charge is 2.29. The van der Waals surface area contributed by atoms with Gasteiger partial charge in [-0.3, -0.25) is 0 Å². The first-order chi connectivity index (χ1) is 14.6. The van der Waals surface area contributed by atoms with Crippen molar-refractivity contribution >= 4 is 5.95 Å². The molecule has 0 bridgehead atoms. The Balaban J connectivity index is 1.56. The third-order valence-electron chi connectivity index (χ3n) is 5.25. The van der Waals surface area contributed by atoms with E-state index in [1.54, 1.807) is 18.3 Å². The van der Waals surface area contributed by atoms with E-state index in [0.717, 1.165) is 24.0 Å². The Kier molecular flexibility index (Phi) is 4.80. The number of benzene rings is 1. The average Bonchev–Trinajstić information content (AvgIpc) is 3.53. The Hall–Kier alpha value is -3.10. The highest BCUT2D eigenvalue weighted by molar-refractivity contribution is 5.77. The molecule has 30 heavy (non-hydrogen) atoms. The fourth-order valence-corrected chi connectivity index (χ4v) is 3.42. The Morgan fingerprint density at radius 1 is 1.10 bits per heavy atom. The zero-order valence-corrected chi connectivity index (χ0v) is 16.6. The van der Waals surface area contributed by atoms with Crippen LogP contribution in [0.4, 0.5) is 10.3 Å². The molecular formula is C22H22FN5O2. The van der Waals surface area contributed by atoms with Crippen molar-refractivity contribution in [2.45, 2.75) is 25.2 Å². The molecule has 154 valence electrons. The van der Waals surface area contributed by atoms with Gasteiger partial charge in [-0.1, -0.05) is 6.58 Å². The predicted molar refractivity (Wildman–Crippen MR) is 110 cm³/mol. The molecule has 7 nitrogen and oxygen atoms in total. The summed E-state index contributed by atoms with van der Waals surface area (Å²) < 4.78 is 24.9. The van der Waals surface area contributed by atoms with Crippen LogP contribution in [0.2, 0.25) is 0 Å². The van der Waals surface area contributed by atoms with Crippen LogP contribution in [0, 0.1) is 5.82 Å². The largest absolute Gasteiger partial charge is 0.341 e. The number of aromatic nitrogens is 4. The summed E-state index contributed by atoms with van der Waals surface area (Å²) in [5.74, 6) is 0.897. The lowest BCUT2D eigenvalue weighted by atomic mass is 10.1. The standard InChI is InChI=1S/C22H22FN5O2/c1-13-11-29-21(30-12-13)20-26-18(14-3-5-15(23)6-4-14)19(27-20)17-9-10-24-22(25-17)28(2)16-7-8-16/h3-6,9-10,16,21H,1,7-8,11-12H2,2H3,(H,26,27). The van der Waals surface area contributed by atoms with Crippen LogP contribution in [0.25, 0.3) is 22.6 Å². The van der Waals surface area contributed by atoms with E-state index in [-0.39, 0.29) is 5.82 Å². The number of nitrogens with zero attached hydrogens (tertiary/aromatic N) is 4. The summed E-state index contributed by atoms with van der Waals surface area (Å²) in [5, 5.41) is 0. The number of ether oxygens (including phenoxy) is 2. The van der Waals surface area contributed by atoms with Crippen molar-refractivity contribution in [2.24, 2.45) is 0 Å². The number of hydrogen-bond acceptors (Lipinski definition) is 6. The van der Waals surface area contributed by atoms with E-state index in [9.17, 15) is 4.39 Å². The lowest BCUT2D eigenvalue weighted by Crippen LogP contribution is -2.22. The molecule has 1 aliphatic carbocycles. The van der Waals surface area contributed by atoms with E-state index < -0.39 is 6.29 Å². The SMILES string of the molecule is C=C1COC(c2nc(-c3ccc(F)cc3)c(-c3ccnc(N(C)C4CC4)n3)[nH]2)OC1. The van der Waals surface area contributed by atoms with Crippen molar-refractivity contribution in [2.75, 3.05) is 25.2 Å². The number of anilines is 1. The van der Waals surface area contributed by atoms with Gasteiger partial charge in [0, 0.05) is 24.8 Å². The van der Waals surface area contributed by atoms with Crippen LogP contribution in [0.3, 0.4) is 0 Å². The molecule has 0 radical (unpaired) electrons. The van der Waals surface area contributed by atoms with Gasteiger partial charge >= 0.3 is 0 Å². The molecule has 2 fully saturated rings. The van der Waals surface area contributed by atoms with Gasteiger partial charge in [0.25, 0.3) is 0 Å². The zero-order chi connectivity index (χ0) is 20.7. The van der Waals surface area contributed by atoms with Crippen molar-refractivity contribution in [1.82, 2.24) is 19.9 Å². The van der Waals surface area contributed by atoms with Gasteiger partial charge in [0.15, 0.2) is 5.82 Å². The zero-order valence-electron chi connectivity index (χ0n) is 16.6. The second-order valence-corrected chi connectivity index (χ2v) is 7.64. The van der Waals surface area contributed by atoms with Crippen LogP contribution in [0.1, 0.15) is 25.0 Å². The minimum Gasteiger partial charge on any atom is -0.341 e. The predicted octanol–water partition coefficient (Wildman–Crippen LogP) is 3.87. The topological polar surface area (TPSA) is 76.2 Å². The summed E-state index contributed by atoms with van der Waals surface area (Å²) in [7, 11) is 2.01. The average molecular weight is 407 g/mol. The Morgan fingerprint density at radius 3 is 2.53 bits per heavy atom. The molecule has 0 unspecified atom stereocenters. The number of rotatable bonds is 5. The second kappa shape index (κ2) is 7.62. The summed E-state index contributed by atoms with van der Waals surface area (Å²) in [4.78, 5) is 19.3. The third-order valence-corrected chi connectivity index (χ3v) is 5.25. The summed E-state index contributed by atoms with van der Waals surface area (Å²) in [6, 6.07) is 8.54. The number of nitrogens with one attached hydrogen (secondary N) is 1. The molecule has 1 aliphatic heterocycles. The molecule has 3 heterocycles. The highest BCUT2D eigenvalue weighted by Crippen LogP contribution is 2.34. The van der Waals surface area contributed by atoms with E-state index in [4.69, 9.17) is 19.4 Å². The van der Waals surface area contributed by atoms with E-state index >= 15 is 0 Å². The van der Waals surface area contributed by atoms with Gasteiger partial charge in [0.1, 0.15) is 5.82 Å². The molecule has 1 N–H and O–H groups in total. The maximum absolute atomic E-state index is 13.5. The van der Waals surface area contributed by atoms with Crippen molar-refractivity contribution < 1.29 is 13.9 Å². The van der Waals surface area contributed by atoms with Crippen LogP contribution >= 0.6 is 0 Å².